The Morgan fingerprint density at radius 2 is 2.00 bits per heavy atom. The lowest BCUT2D eigenvalue weighted by molar-refractivity contribution is 0.270. The van der Waals surface area contributed by atoms with Gasteiger partial charge in [-0.25, -0.2) is 13.1 Å². The number of hydrogen-bond donors (Lipinski definition) is 2. The molecule has 0 amide bonds. The smallest absolute Gasteiger partial charge is 0.242 e. The summed E-state index contributed by atoms with van der Waals surface area (Å²) >= 11 is 0. The van der Waals surface area contributed by atoms with Gasteiger partial charge in [-0.2, -0.15) is 0 Å². The molecule has 0 spiro atoms. The van der Waals surface area contributed by atoms with E-state index in [1.165, 1.54) is 0 Å². The molecule has 1 aromatic rings. The average molecular weight is 286 g/mol. The van der Waals surface area contributed by atoms with Crippen molar-refractivity contribution in [1.29, 1.82) is 0 Å². The van der Waals surface area contributed by atoms with E-state index in [1.807, 2.05) is 13.8 Å². The number of aliphatic hydroxyl groups is 1. The number of anilines is 1. The summed E-state index contributed by atoms with van der Waals surface area (Å²) in [7, 11) is -1.74. The molecule has 0 saturated heterocycles. The van der Waals surface area contributed by atoms with E-state index in [0.29, 0.717) is 12.2 Å². The molecule has 19 heavy (non-hydrogen) atoms. The van der Waals surface area contributed by atoms with E-state index in [0.717, 1.165) is 6.42 Å². The molecular weight excluding hydrogens is 264 g/mol. The molecule has 1 atom stereocenters. The van der Waals surface area contributed by atoms with Crippen LogP contribution in [0.15, 0.2) is 29.2 Å². The number of likely N-dealkylation sites (N-methyl/N-ethyl adjacent to an activating group) is 1. The standard InChI is InChI=1S/C13H22N2O3S/c1-4-9-14-19(17,18)13-8-6-5-7-12(13)15(3)11(2)10-16/h5-8,11,14,16H,4,9-10H2,1-3H3. The predicted molar refractivity (Wildman–Crippen MR) is 76.9 cm³/mol. The lowest BCUT2D eigenvalue weighted by Gasteiger charge is -2.27. The highest BCUT2D eigenvalue weighted by atomic mass is 32.2. The van der Waals surface area contributed by atoms with Gasteiger partial charge in [0.2, 0.25) is 10.0 Å². The Morgan fingerprint density at radius 1 is 1.37 bits per heavy atom. The van der Waals surface area contributed by atoms with Crippen molar-refractivity contribution in [2.24, 2.45) is 0 Å². The first-order valence-corrected chi connectivity index (χ1v) is 7.84. The second kappa shape index (κ2) is 6.88. The van der Waals surface area contributed by atoms with Crippen LogP contribution in [0.1, 0.15) is 20.3 Å². The van der Waals surface area contributed by atoms with Crippen molar-refractivity contribution < 1.29 is 13.5 Å². The van der Waals surface area contributed by atoms with Crippen molar-refractivity contribution in [2.75, 3.05) is 25.1 Å². The highest BCUT2D eigenvalue weighted by molar-refractivity contribution is 7.89. The number of aliphatic hydroxyl groups excluding tert-OH is 1. The van der Waals surface area contributed by atoms with Crippen molar-refractivity contribution >= 4 is 15.7 Å². The molecule has 6 heteroatoms. The Hall–Kier alpha value is -1.11. The van der Waals surface area contributed by atoms with Crippen LogP contribution in [-0.2, 0) is 10.0 Å². The Labute approximate surface area is 115 Å². The monoisotopic (exact) mass is 286 g/mol. The summed E-state index contributed by atoms with van der Waals surface area (Å²) in [4.78, 5) is 2.01. The third-order valence-electron chi connectivity index (χ3n) is 3.00. The van der Waals surface area contributed by atoms with Crippen molar-refractivity contribution in [3.05, 3.63) is 24.3 Å². The summed E-state index contributed by atoms with van der Waals surface area (Å²) in [6.45, 7) is 4.13. The lowest BCUT2D eigenvalue weighted by atomic mass is 10.2. The average Bonchev–Trinajstić information content (AvgIpc) is 2.43. The van der Waals surface area contributed by atoms with Crippen LogP contribution >= 0.6 is 0 Å². The van der Waals surface area contributed by atoms with Gasteiger partial charge in [-0.3, -0.25) is 0 Å². The van der Waals surface area contributed by atoms with E-state index >= 15 is 0 Å². The molecule has 0 aliphatic rings. The Bertz CT molecular complexity index is 502. The van der Waals surface area contributed by atoms with Crippen LogP contribution in [0.3, 0.4) is 0 Å². The number of hydrogen-bond acceptors (Lipinski definition) is 4. The number of rotatable bonds is 7. The maximum Gasteiger partial charge on any atom is 0.242 e. The highest BCUT2D eigenvalue weighted by Gasteiger charge is 2.21. The molecule has 0 saturated carbocycles. The first kappa shape index (κ1) is 15.9. The highest BCUT2D eigenvalue weighted by Crippen LogP contribution is 2.25. The molecule has 0 heterocycles. The van der Waals surface area contributed by atoms with Crippen LogP contribution in [0.4, 0.5) is 5.69 Å². The topological polar surface area (TPSA) is 69.6 Å². The number of sulfonamides is 1. The van der Waals surface area contributed by atoms with Gasteiger partial charge in [-0.1, -0.05) is 19.1 Å². The molecule has 108 valence electrons. The number of benzene rings is 1. The minimum Gasteiger partial charge on any atom is -0.394 e. The molecule has 0 fully saturated rings. The van der Waals surface area contributed by atoms with Crippen LogP contribution in [0, 0.1) is 0 Å². The normalized spacial score (nSPS) is 13.3. The van der Waals surface area contributed by atoms with E-state index in [9.17, 15) is 13.5 Å². The van der Waals surface area contributed by atoms with Crippen LogP contribution in [0.25, 0.3) is 0 Å². The Balaban J connectivity index is 3.15. The third kappa shape index (κ3) is 3.92. The van der Waals surface area contributed by atoms with Gasteiger partial charge < -0.3 is 10.0 Å². The van der Waals surface area contributed by atoms with E-state index in [4.69, 9.17) is 0 Å². The molecule has 0 aromatic heterocycles. The Kier molecular flexibility index (Phi) is 5.78. The van der Waals surface area contributed by atoms with Gasteiger partial charge in [-0.05, 0) is 25.5 Å². The van der Waals surface area contributed by atoms with Gasteiger partial charge in [-0.15, -0.1) is 0 Å². The SMILES string of the molecule is CCCNS(=O)(=O)c1ccccc1N(C)C(C)CO. The van der Waals surface area contributed by atoms with E-state index < -0.39 is 10.0 Å². The molecule has 2 N–H and O–H groups in total. The van der Waals surface area contributed by atoms with E-state index in [-0.39, 0.29) is 17.5 Å². The molecule has 0 aliphatic carbocycles. The number of nitrogens with one attached hydrogen (secondary N) is 1. The van der Waals surface area contributed by atoms with Crippen molar-refractivity contribution in [3.8, 4) is 0 Å². The molecular formula is C13H22N2O3S. The van der Waals surface area contributed by atoms with Crippen LogP contribution < -0.4 is 9.62 Å². The number of para-hydroxylation sites is 1. The van der Waals surface area contributed by atoms with Gasteiger partial charge >= 0.3 is 0 Å². The summed E-state index contributed by atoms with van der Waals surface area (Å²) in [6, 6.07) is 6.65. The maximum atomic E-state index is 12.2. The van der Waals surface area contributed by atoms with Gasteiger partial charge in [0.25, 0.3) is 0 Å². The minimum atomic E-state index is -3.51. The second-order valence-electron chi connectivity index (χ2n) is 4.51. The van der Waals surface area contributed by atoms with Crippen molar-refractivity contribution in [2.45, 2.75) is 31.2 Å². The van der Waals surface area contributed by atoms with Crippen LogP contribution in [0.2, 0.25) is 0 Å². The molecule has 1 aromatic carbocycles. The van der Waals surface area contributed by atoms with E-state index in [2.05, 4.69) is 4.72 Å². The predicted octanol–water partition coefficient (Wildman–Crippen LogP) is 1.19. The van der Waals surface area contributed by atoms with Gasteiger partial charge in [0.15, 0.2) is 0 Å². The van der Waals surface area contributed by atoms with Gasteiger partial charge in [0.05, 0.1) is 12.3 Å². The quantitative estimate of drug-likeness (QED) is 0.790. The summed E-state index contributed by atoms with van der Waals surface area (Å²) in [6.07, 6.45) is 0.740. The van der Waals surface area contributed by atoms with Crippen molar-refractivity contribution in [1.82, 2.24) is 4.72 Å². The summed E-state index contributed by atoms with van der Waals surface area (Å²) in [5, 5.41) is 9.19. The molecule has 1 rings (SSSR count). The van der Waals surface area contributed by atoms with Crippen LogP contribution in [0.5, 0.6) is 0 Å². The van der Waals surface area contributed by atoms with Gasteiger partial charge in [0.1, 0.15) is 4.90 Å². The summed E-state index contributed by atoms with van der Waals surface area (Å²) in [5.41, 5.74) is 0.590. The first-order valence-electron chi connectivity index (χ1n) is 6.36. The van der Waals surface area contributed by atoms with Crippen LogP contribution in [-0.4, -0.2) is 39.8 Å². The second-order valence-corrected chi connectivity index (χ2v) is 6.24. The summed E-state index contributed by atoms with van der Waals surface area (Å²) in [5.74, 6) is 0. The fourth-order valence-electron chi connectivity index (χ4n) is 1.65. The molecule has 5 nitrogen and oxygen atoms in total. The molecule has 0 bridgehead atoms. The fourth-order valence-corrected chi connectivity index (χ4v) is 3.02. The zero-order chi connectivity index (χ0) is 14.5. The number of nitrogens with zero attached hydrogens (tertiary/aromatic N) is 1. The van der Waals surface area contributed by atoms with Crippen molar-refractivity contribution in [3.63, 3.8) is 0 Å². The minimum absolute atomic E-state index is 0.0345. The largest absolute Gasteiger partial charge is 0.394 e. The lowest BCUT2D eigenvalue weighted by Crippen LogP contribution is -2.34. The fraction of sp³-hybridized carbons (Fsp3) is 0.538. The molecule has 1 unspecified atom stereocenters. The Morgan fingerprint density at radius 3 is 2.58 bits per heavy atom. The molecule has 0 aliphatic heterocycles. The van der Waals surface area contributed by atoms with Gasteiger partial charge in [0, 0.05) is 19.6 Å². The zero-order valence-corrected chi connectivity index (χ0v) is 12.4. The maximum absolute atomic E-state index is 12.2. The molecule has 0 radical (unpaired) electrons. The summed E-state index contributed by atoms with van der Waals surface area (Å²) < 4.78 is 27.0. The third-order valence-corrected chi connectivity index (χ3v) is 4.51. The van der Waals surface area contributed by atoms with E-state index in [1.54, 1.807) is 36.2 Å². The zero-order valence-electron chi connectivity index (χ0n) is 11.6. The first-order chi connectivity index (χ1) is 8.94.